The van der Waals surface area contributed by atoms with Crippen LogP contribution in [0, 0.1) is 11.8 Å². The van der Waals surface area contributed by atoms with Gasteiger partial charge in [0.2, 0.25) is 11.8 Å². The van der Waals surface area contributed by atoms with Crippen molar-refractivity contribution in [2.45, 2.75) is 104 Å². The maximum Gasteiger partial charge on any atom is 0.287 e. The van der Waals surface area contributed by atoms with E-state index in [1.54, 1.807) is 12.1 Å². The summed E-state index contributed by atoms with van der Waals surface area (Å²) in [5.74, 6) is 2.31. The lowest BCUT2D eigenvalue weighted by molar-refractivity contribution is -0.137. The summed E-state index contributed by atoms with van der Waals surface area (Å²) in [7, 11) is 0. The van der Waals surface area contributed by atoms with Crippen LogP contribution >= 0.6 is 0 Å². The lowest BCUT2D eigenvalue weighted by Crippen LogP contribution is -2.44. The number of carbonyl (C=O) groups excluding carboxylic acids is 4. The van der Waals surface area contributed by atoms with Crippen LogP contribution in [0.2, 0.25) is 0 Å². The molecule has 2 N–H and O–H groups in total. The van der Waals surface area contributed by atoms with Crippen LogP contribution in [0.4, 0.5) is 0 Å². The molecule has 61 heavy (non-hydrogen) atoms. The molecule has 15 nitrogen and oxygen atoms in total. The van der Waals surface area contributed by atoms with Crippen LogP contribution in [-0.4, -0.2) is 170 Å². The van der Waals surface area contributed by atoms with Gasteiger partial charge in [-0.05, 0) is 116 Å². The van der Waals surface area contributed by atoms with Crippen molar-refractivity contribution in [1.29, 1.82) is 0 Å². The van der Waals surface area contributed by atoms with Gasteiger partial charge < -0.3 is 43.8 Å². The van der Waals surface area contributed by atoms with E-state index in [0.29, 0.717) is 37.7 Å². The number of furan rings is 2. The lowest BCUT2D eigenvalue weighted by atomic mass is 9.96. The molecule has 0 spiro atoms. The number of amides is 4. The third-order valence-corrected chi connectivity index (χ3v) is 13.3. The number of likely N-dealkylation sites (tertiary alicyclic amines) is 4. The highest BCUT2D eigenvalue weighted by Gasteiger charge is 2.31. The van der Waals surface area contributed by atoms with Gasteiger partial charge in [0.15, 0.2) is 11.5 Å². The molecule has 0 aliphatic carbocycles. The molecule has 0 unspecified atom stereocenters. The number of hydrogen-bond acceptors (Lipinski definition) is 11. The van der Waals surface area contributed by atoms with Crippen molar-refractivity contribution in [2.75, 3.05) is 105 Å². The topological polar surface area (TPSA) is 147 Å². The molecule has 4 aliphatic heterocycles. The van der Waals surface area contributed by atoms with E-state index in [4.69, 9.17) is 13.6 Å². The molecular formula is C46H74N8O7. The second kappa shape index (κ2) is 23.6. The Hall–Kier alpha value is -3.76. The number of carbonyl (C=O) groups is 4. The van der Waals surface area contributed by atoms with Gasteiger partial charge in [-0.3, -0.25) is 29.0 Å². The highest BCUT2D eigenvalue weighted by molar-refractivity contribution is 5.91. The molecular weight excluding hydrogens is 777 g/mol. The third kappa shape index (κ3) is 13.6. The Balaban J connectivity index is 0.797. The largest absolute Gasteiger partial charge is 0.455 e. The lowest BCUT2D eigenvalue weighted by Gasteiger charge is -2.37. The number of piperidine rings is 4. The summed E-state index contributed by atoms with van der Waals surface area (Å²) in [4.78, 5) is 64.7. The summed E-state index contributed by atoms with van der Waals surface area (Å²) < 4.78 is 18.4. The van der Waals surface area contributed by atoms with Gasteiger partial charge in [-0.25, -0.2) is 0 Å². The zero-order valence-electron chi connectivity index (χ0n) is 37.5. The van der Waals surface area contributed by atoms with Gasteiger partial charge in [0.25, 0.3) is 11.8 Å². The van der Waals surface area contributed by atoms with Gasteiger partial charge in [-0.2, -0.15) is 0 Å². The summed E-state index contributed by atoms with van der Waals surface area (Å²) in [5, 5.41) is 6.06. The Labute approximate surface area is 363 Å². The van der Waals surface area contributed by atoms with Crippen molar-refractivity contribution in [3.63, 3.8) is 0 Å². The van der Waals surface area contributed by atoms with Crippen molar-refractivity contribution >= 4 is 23.6 Å². The van der Waals surface area contributed by atoms with E-state index in [2.05, 4.69) is 30.2 Å². The second-order valence-electron chi connectivity index (χ2n) is 17.4. The molecule has 340 valence electrons. The minimum absolute atomic E-state index is 0.0220. The number of nitrogens with one attached hydrogen (secondary N) is 2. The number of nitrogens with zero attached hydrogens (tertiary/aromatic N) is 6. The zero-order chi connectivity index (χ0) is 43.1. The molecule has 6 rings (SSSR count). The predicted octanol–water partition coefficient (Wildman–Crippen LogP) is 4.14. The summed E-state index contributed by atoms with van der Waals surface area (Å²) >= 11 is 0. The third-order valence-electron chi connectivity index (χ3n) is 13.3. The molecule has 2 aromatic heterocycles. The van der Waals surface area contributed by atoms with Gasteiger partial charge in [0, 0.05) is 91.6 Å². The molecule has 0 aromatic carbocycles. The Morgan fingerprint density at radius 2 is 0.967 bits per heavy atom. The Morgan fingerprint density at radius 3 is 1.34 bits per heavy atom. The molecule has 4 aliphatic rings. The van der Waals surface area contributed by atoms with E-state index in [-0.39, 0.29) is 47.7 Å². The van der Waals surface area contributed by atoms with E-state index >= 15 is 0 Å². The molecule has 2 atom stereocenters. The van der Waals surface area contributed by atoms with Crippen molar-refractivity contribution in [1.82, 2.24) is 40.0 Å². The first-order valence-electron chi connectivity index (χ1n) is 23.5. The van der Waals surface area contributed by atoms with Crippen LogP contribution in [0.3, 0.4) is 0 Å². The van der Waals surface area contributed by atoms with Crippen LogP contribution in [0.5, 0.6) is 0 Å². The van der Waals surface area contributed by atoms with Crippen LogP contribution in [0.25, 0.3) is 0 Å². The van der Waals surface area contributed by atoms with E-state index in [1.807, 2.05) is 49.6 Å². The number of rotatable bonds is 20. The molecule has 0 saturated carbocycles. The quantitative estimate of drug-likeness (QED) is 0.198. The van der Waals surface area contributed by atoms with Crippen molar-refractivity contribution < 1.29 is 32.7 Å². The molecule has 4 fully saturated rings. The zero-order valence-corrected chi connectivity index (χ0v) is 37.5. The fourth-order valence-corrected chi connectivity index (χ4v) is 9.64. The first kappa shape index (κ1) is 46.7. The normalized spacial score (nSPS) is 21.6. The van der Waals surface area contributed by atoms with Gasteiger partial charge in [-0.15, -0.1) is 0 Å². The fraction of sp³-hybridized carbons (Fsp3) is 0.739. The van der Waals surface area contributed by atoms with Crippen LogP contribution < -0.4 is 10.6 Å². The summed E-state index contributed by atoms with van der Waals surface area (Å²) in [6, 6.07) is 7.26. The summed E-state index contributed by atoms with van der Waals surface area (Å²) in [6.07, 6.45) is 8.30. The minimum Gasteiger partial charge on any atom is -0.455 e. The highest BCUT2D eigenvalue weighted by atomic mass is 16.5. The molecule has 4 amide bonds. The van der Waals surface area contributed by atoms with E-state index in [1.165, 1.54) is 0 Å². The molecule has 15 heteroatoms. The number of hydrogen-bond donors (Lipinski definition) is 2. The molecule has 0 radical (unpaired) electrons. The Kier molecular flexibility index (Phi) is 18.1. The molecule has 2 aromatic rings. The van der Waals surface area contributed by atoms with Gasteiger partial charge in [-0.1, -0.05) is 0 Å². The van der Waals surface area contributed by atoms with Gasteiger partial charge in [0.1, 0.15) is 11.5 Å². The van der Waals surface area contributed by atoms with E-state index < -0.39 is 0 Å². The van der Waals surface area contributed by atoms with Crippen molar-refractivity contribution in [2.24, 2.45) is 11.8 Å². The van der Waals surface area contributed by atoms with Crippen LogP contribution in [0.1, 0.15) is 112 Å². The first-order chi connectivity index (χ1) is 29.7. The standard InChI is InChI=1S/C46H74N8O7/c1-5-53(6-2)45(57)35-11-9-23-51(31-35)33-39-13-15-41(60-39)43(55)47-21-29-49-25-17-37(18-26-49)59-38-19-27-50(28-20-38)30-22-48-44(56)42-16-14-40(61-42)34-52-24-10-12-36(32-52)46(58)54(7-3)8-4/h13-16,35-38H,5-12,17-34H2,1-4H3,(H,47,55)(H,48,56)/t35-,36-/m1/s1. The highest BCUT2D eigenvalue weighted by Crippen LogP contribution is 2.24. The smallest absolute Gasteiger partial charge is 0.287 e. The van der Waals surface area contributed by atoms with E-state index in [0.717, 1.165) is 155 Å². The maximum atomic E-state index is 12.9. The molecule has 4 saturated heterocycles. The van der Waals surface area contributed by atoms with Crippen LogP contribution in [-0.2, 0) is 27.4 Å². The first-order valence-corrected chi connectivity index (χ1v) is 23.5. The average Bonchev–Trinajstić information content (AvgIpc) is 3.96. The SMILES string of the molecule is CCN(CC)C(=O)[C@@H]1CCCN(Cc2ccc(C(=O)NCCN3CCC(OC4CCN(CCNC(=O)c5ccc(CN6CCC[C@@H](C(=O)N(CC)CC)C6)o5)CC4)CC3)o2)C1. The van der Waals surface area contributed by atoms with Crippen molar-refractivity contribution in [3.05, 3.63) is 47.3 Å². The second-order valence-corrected chi connectivity index (χ2v) is 17.4. The molecule has 0 bridgehead atoms. The van der Waals surface area contributed by atoms with Crippen LogP contribution in [0.15, 0.2) is 33.1 Å². The monoisotopic (exact) mass is 851 g/mol. The average molecular weight is 851 g/mol. The van der Waals surface area contributed by atoms with E-state index in [9.17, 15) is 19.2 Å². The Bertz CT molecular complexity index is 1550. The minimum atomic E-state index is -0.193. The number of ether oxygens (including phenoxy) is 1. The summed E-state index contributed by atoms with van der Waals surface area (Å²) in [5.41, 5.74) is 0. The van der Waals surface area contributed by atoms with Gasteiger partial charge >= 0.3 is 0 Å². The predicted molar refractivity (Wildman–Crippen MR) is 234 cm³/mol. The Morgan fingerprint density at radius 1 is 0.574 bits per heavy atom. The van der Waals surface area contributed by atoms with Crippen molar-refractivity contribution in [3.8, 4) is 0 Å². The maximum absolute atomic E-state index is 12.9. The molecule has 6 heterocycles. The summed E-state index contributed by atoms with van der Waals surface area (Å²) in [6.45, 7) is 22.1. The van der Waals surface area contributed by atoms with Gasteiger partial charge in [0.05, 0.1) is 37.1 Å². The fourth-order valence-electron chi connectivity index (χ4n) is 9.64.